The maximum Gasteiger partial charge on any atom is 0.314 e. The van der Waals surface area contributed by atoms with E-state index in [1.807, 2.05) is 0 Å². The van der Waals surface area contributed by atoms with Gasteiger partial charge in [-0.1, -0.05) is 45.4 Å². The molecule has 2 fully saturated rings. The zero-order valence-corrected chi connectivity index (χ0v) is 12.6. The molecule has 0 aromatic carbocycles. The Labute approximate surface area is 121 Å². The first-order chi connectivity index (χ1) is 9.69. The van der Waals surface area contributed by atoms with Crippen LogP contribution in [0.3, 0.4) is 0 Å². The Kier molecular flexibility index (Phi) is 5.85. The first kappa shape index (κ1) is 15.8. The predicted molar refractivity (Wildman–Crippen MR) is 76.5 cm³/mol. The second-order valence-corrected chi connectivity index (χ2v) is 6.38. The fourth-order valence-corrected chi connectivity index (χ4v) is 3.44. The number of hydrogen-bond donors (Lipinski definition) is 1. The zero-order chi connectivity index (χ0) is 14.4. The van der Waals surface area contributed by atoms with E-state index >= 15 is 0 Å². The van der Waals surface area contributed by atoms with E-state index < -0.39 is 17.7 Å². The third kappa shape index (κ3) is 3.53. The van der Waals surface area contributed by atoms with Crippen molar-refractivity contribution < 1.29 is 19.4 Å². The van der Waals surface area contributed by atoms with Gasteiger partial charge in [-0.3, -0.25) is 4.79 Å². The molecule has 1 aliphatic heterocycles. The van der Waals surface area contributed by atoms with Gasteiger partial charge in [0, 0.05) is 5.92 Å². The van der Waals surface area contributed by atoms with Gasteiger partial charge in [0.2, 0.25) is 0 Å². The van der Waals surface area contributed by atoms with Crippen LogP contribution in [0.2, 0.25) is 0 Å². The number of carboxylic acid groups (broad SMARTS) is 1. The van der Waals surface area contributed by atoms with E-state index in [-0.39, 0.29) is 0 Å². The molecular weight excluding hydrogens is 256 g/mol. The van der Waals surface area contributed by atoms with Crippen LogP contribution in [0.4, 0.5) is 0 Å². The van der Waals surface area contributed by atoms with Crippen LogP contribution in [0, 0.1) is 11.3 Å². The van der Waals surface area contributed by atoms with Crippen LogP contribution in [-0.2, 0) is 14.3 Å². The molecule has 0 bridgehead atoms. The highest BCUT2D eigenvalue weighted by molar-refractivity contribution is 5.75. The summed E-state index contributed by atoms with van der Waals surface area (Å²) in [5, 5.41) is 9.62. The number of carbonyl (C=O) groups is 1. The Balaban J connectivity index is 1.86. The summed E-state index contributed by atoms with van der Waals surface area (Å²) in [6.45, 7) is 3.51. The van der Waals surface area contributed by atoms with Crippen molar-refractivity contribution in [2.75, 3.05) is 13.2 Å². The van der Waals surface area contributed by atoms with E-state index in [4.69, 9.17) is 9.47 Å². The van der Waals surface area contributed by atoms with Crippen LogP contribution in [0.5, 0.6) is 0 Å². The molecule has 1 saturated heterocycles. The molecular formula is C16H28O4. The highest BCUT2D eigenvalue weighted by Crippen LogP contribution is 2.42. The Morgan fingerprint density at radius 3 is 2.35 bits per heavy atom. The average molecular weight is 284 g/mol. The molecule has 0 aromatic heterocycles. The van der Waals surface area contributed by atoms with Crippen molar-refractivity contribution in [3.05, 3.63) is 0 Å². The number of aliphatic carboxylic acids is 1. The molecule has 116 valence electrons. The number of unbranched alkanes of at least 4 members (excludes halogenated alkanes) is 2. The lowest BCUT2D eigenvalue weighted by Crippen LogP contribution is -2.50. The van der Waals surface area contributed by atoms with E-state index in [0.29, 0.717) is 32.0 Å². The Morgan fingerprint density at radius 2 is 1.80 bits per heavy atom. The molecule has 4 heteroatoms. The largest absolute Gasteiger partial charge is 0.481 e. The van der Waals surface area contributed by atoms with Gasteiger partial charge in [-0.15, -0.1) is 0 Å². The minimum absolute atomic E-state index is 0.437. The molecule has 20 heavy (non-hydrogen) atoms. The second-order valence-electron chi connectivity index (χ2n) is 6.38. The van der Waals surface area contributed by atoms with Gasteiger partial charge in [0.1, 0.15) is 5.41 Å². The lowest BCUT2D eigenvalue weighted by molar-refractivity contribution is -0.260. The van der Waals surface area contributed by atoms with Crippen LogP contribution in [0.15, 0.2) is 0 Å². The van der Waals surface area contributed by atoms with Crippen molar-refractivity contribution in [1.29, 1.82) is 0 Å². The minimum Gasteiger partial charge on any atom is -0.481 e. The molecule has 0 aromatic rings. The summed E-state index contributed by atoms with van der Waals surface area (Å²) in [6, 6.07) is 0. The monoisotopic (exact) mass is 284 g/mol. The summed E-state index contributed by atoms with van der Waals surface area (Å²) in [4.78, 5) is 11.7. The molecule has 1 N–H and O–H groups in total. The average Bonchev–Trinajstić information content (AvgIpc) is 2.49. The third-order valence-corrected chi connectivity index (χ3v) is 4.81. The van der Waals surface area contributed by atoms with Gasteiger partial charge in [0.05, 0.1) is 13.2 Å². The number of rotatable bonds is 6. The van der Waals surface area contributed by atoms with Crippen LogP contribution in [-0.4, -0.2) is 30.6 Å². The third-order valence-electron chi connectivity index (χ3n) is 4.81. The Morgan fingerprint density at radius 1 is 1.15 bits per heavy atom. The van der Waals surface area contributed by atoms with Crippen molar-refractivity contribution in [2.24, 2.45) is 11.3 Å². The van der Waals surface area contributed by atoms with E-state index in [1.165, 1.54) is 19.3 Å². The van der Waals surface area contributed by atoms with Crippen molar-refractivity contribution in [3.8, 4) is 0 Å². The van der Waals surface area contributed by atoms with Crippen LogP contribution >= 0.6 is 0 Å². The molecule has 4 nitrogen and oxygen atoms in total. The molecule has 1 saturated carbocycles. The fourth-order valence-electron chi connectivity index (χ4n) is 3.44. The van der Waals surface area contributed by atoms with Crippen molar-refractivity contribution in [1.82, 2.24) is 0 Å². The SMILES string of the molecule is CCCCCC1COC(C2(C(=O)O)CCCCC2)OC1. The fraction of sp³-hybridized carbons (Fsp3) is 0.938. The maximum absolute atomic E-state index is 11.7. The van der Waals surface area contributed by atoms with Crippen molar-refractivity contribution in [2.45, 2.75) is 71.0 Å². The lowest BCUT2D eigenvalue weighted by atomic mass is 9.73. The smallest absolute Gasteiger partial charge is 0.314 e. The molecule has 0 atom stereocenters. The summed E-state index contributed by atoms with van der Waals surface area (Å²) in [5.74, 6) is -0.307. The number of carboxylic acids is 1. The molecule has 0 amide bonds. The predicted octanol–water partition coefficient (Wildman–Crippen LogP) is 3.59. The quantitative estimate of drug-likeness (QED) is 0.757. The van der Waals surface area contributed by atoms with Crippen LogP contribution in [0.1, 0.15) is 64.7 Å². The summed E-state index contributed by atoms with van der Waals surface area (Å²) in [5.41, 5.74) is -0.799. The summed E-state index contributed by atoms with van der Waals surface area (Å²) in [7, 11) is 0. The Hall–Kier alpha value is -0.610. The molecule has 2 rings (SSSR count). The molecule has 0 radical (unpaired) electrons. The summed E-state index contributed by atoms with van der Waals surface area (Å²) in [6.07, 6.45) is 8.71. The molecule has 1 aliphatic carbocycles. The Bertz CT molecular complexity index is 302. The molecule has 2 aliphatic rings. The van der Waals surface area contributed by atoms with Crippen molar-refractivity contribution in [3.63, 3.8) is 0 Å². The molecule has 0 unspecified atom stereocenters. The highest BCUT2D eigenvalue weighted by atomic mass is 16.7. The number of hydrogen-bond acceptors (Lipinski definition) is 3. The zero-order valence-electron chi connectivity index (χ0n) is 12.6. The van der Waals surface area contributed by atoms with Crippen molar-refractivity contribution >= 4 is 5.97 Å². The van der Waals surface area contributed by atoms with Crippen LogP contribution < -0.4 is 0 Å². The van der Waals surface area contributed by atoms with Gasteiger partial charge in [0.15, 0.2) is 6.29 Å². The molecule has 0 spiro atoms. The molecule has 1 heterocycles. The van der Waals surface area contributed by atoms with Gasteiger partial charge in [-0.2, -0.15) is 0 Å². The van der Waals surface area contributed by atoms with Gasteiger partial charge in [0.25, 0.3) is 0 Å². The van der Waals surface area contributed by atoms with Gasteiger partial charge >= 0.3 is 5.97 Å². The summed E-state index contributed by atoms with van der Waals surface area (Å²) < 4.78 is 11.6. The maximum atomic E-state index is 11.7. The van der Waals surface area contributed by atoms with Gasteiger partial charge < -0.3 is 14.6 Å². The second kappa shape index (κ2) is 7.41. The standard InChI is InChI=1S/C16H28O4/c1-2-3-5-8-13-11-19-15(20-12-13)16(14(17)18)9-6-4-7-10-16/h13,15H,2-12H2,1H3,(H,17,18). The lowest BCUT2D eigenvalue weighted by Gasteiger charge is -2.42. The first-order valence-electron chi connectivity index (χ1n) is 8.15. The normalized spacial score (nSPS) is 30.1. The van der Waals surface area contributed by atoms with Crippen LogP contribution in [0.25, 0.3) is 0 Å². The first-order valence-corrected chi connectivity index (χ1v) is 8.15. The van der Waals surface area contributed by atoms with Gasteiger partial charge in [-0.05, 0) is 19.3 Å². The van der Waals surface area contributed by atoms with E-state index in [9.17, 15) is 9.90 Å². The number of ether oxygens (including phenoxy) is 2. The summed E-state index contributed by atoms with van der Waals surface area (Å²) >= 11 is 0. The van der Waals surface area contributed by atoms with E-state index in [0.717, 1.165) is 25.7 Å². The topological polar surface area (TPSA) is 55.8 Å². The minimum atomic E-state index is -0.799. The van der Waals surface area contributed by atoms with E-state index in [2.05, 4.69) is 6.92 Å². The van der Waals surface area contributed by atoms with Gasteiger partial charge in [-0.25, -0.2) is 0 Å². The van der Waals surface area contributed by atoms with E-state index in [1.54, 1.807) is 0 Å². The highest BCUT2D eigenvalue weighted by Gasteiger charge is 2.49.